The average Bonchev–Trinajstić information content (AvgIpc) is 1.81. The Bertz CT molecular complexity index is 31.5. The first kappa shape index (κ1) is 7.92. The van der Waals surface area contributed by atoms with Crippen LogP contribution in [0.25, 0.3) is 0 Å². The molecule has 0 bridgehead atoms. The predicted octanol–water partition coefficient (Wildman–Crippen LogP) is 1.34. The molecule has 1 radical (unpaired) electrons. The van der Waals surface area contributed by atoms with Crippen molar-refractivity contribution in [1.29, 1.82) is 0 Å². The number of rotatable bonds is 5. The Hall–Kier alpha value is -0.0800. The molecule has 0 aromatic carbocycles. The highest BCUT2D eigenvalue weighted by Crippen LogP contribution is 1.86. The molecule has 0 fully saturated rings. The van der Waals surface area contributed by atoms with Crippen molar-refractivity contribution in [3.63, 3.8) is 0 Å². The van der Waals surface area contributed by atoms with Gasteiger partial charge in [0, 0.05) is 6.61 Å². The lowest BCUT2D eigenvalue weighted by atomic mass is 10.4. The van der Waals surface area contributed by atoms with Gasteiger partial charge in [-0.25, -0.2) is 0 Å². The highest BCUT2D eigenvalue weighted by atomic mass is 16.5. The van der Waals surface area contributed by atoms with Gasteiger partial charge in [0.05, 0.1) is 6.61 Å². The number of hydrogen-bond acceptors (Lipinski definition) is 2. The maximum Gasteiger partial charge on any atom is 0.105 e. The van der Waals surface area contributed by atoms with Crippen LogP contribution in [0.15, 0.2) is 0 Å². The summed E-state index contributed by atoms with van der Waals surface area (Å²) in [5, 5.41) is 8.12. The van der Waals surface area contributed by atoms with Crippen molar-refractivity contribution in [3.8, 4) is 0 Å². The third-order valence-corrected chi connectivity index (χ3v) is 0.835. The van der Waals surface area contributed by atoms with Crippen LogP contribution in [0.3, 0.4) is 0 Å². The molecule has 2 nitrogen and oxygen atoms in total. The second-order valence-electron chi connectivity index (χ2n) is 1.61. The minimum atomic E-state index is 0.361. The normalized spacial score (nSPS) is 9.75. The largest absolute Gasteiger partial charge is 0.388 e. The van der Waals surface area contributed by atoms with Crippen LogP contribution in [0.5, 0.6) is 0 Å². The highest BCUT2D eigenvalue weighted by molar-refractivity contribution is 4.40. The molecule has 0 saturated carbocycles. The maximum atomic E-state index is 8.12. The van der Waals surface area contributed by atoms with E-state index in [4.69, 9.17) is 9.84 Å². The zero-order valence-electron chi connectivity index (χ0n) is 5.26. The number of aliphatic hydroxyl groups excluding tert-OH is 1. The van der Waals surface area contributed by atoms with E-state index >= 15 is 0 Å². The van der Waals surface area contributed by atoms with Crippen LogP contribution < -0.4 is 0 Å². The smallest absolute Gasteiger partial charge is 0.105 e. The zero-order valence-corrected chi connectivity index (χ0v) is 5.26. The topological polar surface area (TPSA) is 29.5 Å². The summed E-state index contributed by atoms with van der Waals surface area (Å²) < 4.78 is 4.92. The molecule has 49 valence electrons. The molecule has 0 amide bonds. The number of unbranched alkanes of at least 4 members (excludes halogenated alkanes) is 1. The summed E-state index contributed by atoms with van der Waals surface area (Å²) >= 11 is 0. The quantitative estimate of drug-likeness (QED) is 0.550. The molecule has 0 aliphatic carbocycles. The molecular weight excluding hydrogens is 104 g/mol. The average molecular weight is 117 g/mol. The van der Waals surface area contributed by atoms with Crippen LogP contribution in [0.4, 0.5) is 0 Å². The Kier molecular flexibility index (Phi) is 6.85. The van der Waals surface area contributed by atoms with Crippen LogP contribution in [0.1, 0.15) is 19.8 Å². The Morgan fingerprint density at radius 1 is 1.62 bits per heavy atom. The lowest BCUT2D eigenvalue weighted by Gasteiger charge is -1.96. The van der Waals surface area contributed by atoms with Gasteiger partial charge >= 0.3 is 0 Å². The van der Waals surface area contributed by atoms with Crippen molar-refractivity contribution in [2.24, 2.45) is 0 Å². The first-order valence-electron chi connectivity index (χ1n) is 2.95. The number of ether oxygens (including phenoxy) is 1. The number of aliphatic hydroxyl groups is 1. The molecule has 0 aliphatic heterocycles. The van der Waals surface area contributed by atoms with Gasteiger partial charge in [-0.15, -0.1) is 0 Å². The molecule has 0 spiro atoms. The molecule has 8 heavy (non-hydrogen) atoms. The number of hydrogen-bond donors (Lipinski definition) is 1. The lowest BCUT2D eigenvalue weighted by molar-refractivity contribution is 0.120. The van der Waals surface area contributed by atoms with Gasteiger partial charge in [-0.05, 0) is 6.42 Å². The van der Waals surface area contributed by atoms with Gasteiger partial charge in [-0.1, -0.05) is 13.3 Å². The van der Waals surface area contributed by atoms with E-state index in [1.54, 1.807) is 0 Å². The van der Waals surface area contributed by atoms with Gasteiger partial charge in [-0.2, -0.15) is 0 Å². The summed E-state index contributed by atoms with van der Waals surface area (Å²) in [6.07, 6.45) is 2.22. The molecule has 0 saturated heterocycles. The molecule has 0 aromatic rings. The third-order valence-electron chi connectivity index (χ3n) is 0.835. The summed E-state index contributed by atoms with van der Waals surface area (Å²) in [5.74, 6) is 0. The molecular formula is C6H13O2. The molecule has 0 aromatic heterocycles. The molecule has 0 heterocycles. The van der Waals surface area contributed by atoms with E-state index < -0.39 is 0 Å². The summed E-state index contributed by atoms with van der Waals surface area (Å²) in [5.41, 5.74) is 0. The Labute approximate surface area is 50.5 Å². The Morgan fingerprint density at radius 2 is 2.38 bits per heavy atom. The summed E-state index contributed by atoms with van der Waals surface area (Å²) in [6, 6.07) is 0. The van der Waals surface area contributed by atoms with Crippen LogP contribution in [0, 0.1) is 6.61 Å². The van der Waals surface area contributed by atoms with Crippen LogP contribution >= 0.6 is 0 Å². The van der Waals surface area contributed by atoms with Gasteiger partial charge in [0.1, 0.15) is 6.61 Å². The Morgan fingerprint density at radius 3 is 2.88 bits per heavy atom. The first-order valence-corrected chi connectivity index (χ1v) is 2.95. The van der Waals surface area contributed by atoms with Gasteiger partial charge in [-0.3, -0.25) is 0 Å². The van der Waals surface area contributed by atoms with E-state index in [1.165, 1.54) is 0 Å². The van der Waals surface area contributed by atoms with Crippen molar-refractivity contribution < 1.29 is 9.84 Å². The van der Waals surface area contributed by atoms with Gasteiger partial charge in [0.15, 0.2) is 0 Å². The van der Waals surface area contributed by atoms with Crippen LogP contribution in [-0.2, 0) is 4.74 Å². The van der Waals surface area contributed by atoms with E-state index in [-0.39, 0.29) is 0 Å². The van der Waals surface area contributed by atoms with Crippen molar-refractivity contribution >= 4 is 0 Å². The van der Waals surface area contributed by atoms with Crippen molar-refractivity contribution in [1.82, 2.24) is 0 Å². The van der Waals surface area contributed by atoms with E-state index in [9.17, 15) is 0 Å². The monoisotopic (exact) mass is 117 g/mol. The van der Waals surface area contributed by atoms with E-state index in [1.807, 2.05) is 0 Å². The highest BCUT2D eigenvalue weighted by Gasteiger charge is 1.82. The van der Waals surface area contributed by atoms with E-state index in [0.29, 0.717) is 6.61 Å². The molecule has 0 aliphatic rings. The fourth-order valence-electron chi connectivity index (χ4n) is 0.382. The molecule has 2 heteroatoms. The van der Waals surface area contributed by atoms with Crippen molar-refractivity contribution in [3.05, 3.63) is 6.61 Å². The van der Waals surface area contributed by atoms with Gasteiger partial charge in [0.25, 0.3) is 0 Å². The fraction of sp³-hybridized carbons (Fsp3) is 0.833. The van der Waals surface area contributed by atoms with Gasteiger partial charge in [0.2, 0.25) is 0 Å². The van der Waals surface area contributed by atoms with Crippen LogP contribution in [0.2, 0.25) is 0 Å². The van der Waals surface area contributed by atoms with Crippen molar-refractivity contribution in [2.75, 3.05) is 13.2 Å². The van der Waals surface area contributed by atoms with Gasteiger partial charge < -0.3 is 9.84 Å². The fourth-order valence-corrected chi connectivity index (χ4v) is 0.382. The molecule has 1 N–H and O–H groups in total. The SMILES string of the molecule is CCCCOC[CH]O. The predicted molar refractivity (Wildman–Crippen MR) is 32.0 cm³/mol. The minimum absolute atomic E-state index is 0.361. The Balaban J connectivity index is 2.53. The zero-order chi connectivity index (χ0) is 6.24. The molecule has 0 unspecified atom stereocenters. The summed E-state index contributed by atoms with van der Waals surface area (Å²) in [6.45, 7) is 4.25. The summed E-state index contributed by atoms with van der Waals surface area (Å²) in [4.78, 5) is 0. The van der Waals surface area contributed by atoms with E-state index in [2.05, 4.69) is 6.92 Å². The molecule has 0 rings (SSSR count). The van der Waals surface area contributed by atoms with Crippen molar-refractivity contribution in [2.45, 2.75) is 19.8 Å². The molecule has 0 atom stereocenters. The summed E-state index contributed by atoms with van der Waals surface area (Å²) in [7, 11) is 0. The second-order valence-corrected chi connectivity index (χ2v) is 1.61. The first-order chi connectivity index (χ1) is 3.91. The minimum Gasteiger partial charge on any atom is -0.388 e. The van der Waals surface area contributed by atoms with E-state index in [0.717, 1.165) is 26.1 Å². The van der Waals surface area contributed by atoms with Crippen LogP contribution in [-0.4, -0.2) is 18.3 Å². The maximum absolute atomic E-state index is 8.12. The lowest BCUT2D eigenvalue weighted by Crippen LogP contribution is -1.95. The standard InChI is InChI=1S/C6H13O2/c1-2-3-5-8-6-4-7/h4,7H,2-3,5-6H2,1H3. The second kappa shape index (κ2) is 6.92. The third kappa shape index (κ3) is 5.92.